The average Bonchev–Trinajstić information content (AvgIpc) is 2.55. The molecule has 3 heteroatoms. The molecule has 2 aromatic rings. The summed E-state index contributed by atoms with van der Waals surface area (Å²) in [6.07, 6.45) is 8.54. The first kappa shape index (κ1) is 15.6. The topological polar surface area (TPSA) is 38.0 Å². The summed E-state index contributed by atoms with van der Waals surface area (Å²) in [5.41, 5.74) is 10.4. The van der Waals surface area contributed by atoms with Gasteiger partial charge < -0.3 is 11.1 Å². The van der Waals surface area contributed by atoms with Crippen molar-refractivity contribution in [1.82, 2.24) is 0 Å². The van der Waals surface area contributed by atoms with Crippen molar-refractivity contribution >= 4 is 28.7 Å². The van der Waals surface area contributed by atoms with E-state index in [1.807, 2.05) is 24.3 Å². The highest BCUT2D eigenvalue weighted by Gasteiger charge is 2.51. The van der Waals surface area contributed by atoms with Crippen LogP contribution in [0.25, 0.3) is 0 Å². The van der Waals surface area contributed by atoms with Gasteiger partial charge in [-0.15, -0.1) is 0 Å². The van der Waals surface area contributed by atoms with E-state index in [0.717, 1.165) is 39.8 Å². The van der Waals surface area contributed by atoms with Crippen molar-refractivity contribution in [2.24, 2.45) is 17.8 Å². The second-order valence-corrected chi connectivity index (χ2v) is 9.05. The van der Waals surface area contributed by atoms with Gasteiger partial charge in [-0.05, 0) is 97.6 Å². The van der Waals surface area contributed by atoms with Crippen LogP contribution >= 0.6 is 11.6 Å². The summed E-state index contributed by atoms with van der Waals surface area (Å²) in [5, 5.41) is 4.22. The zero-order chi connectivity index (χ0) is 17.0. The maximum Gasteiger partial charge on any atom is 0.0643 e. The van der Waals surface area contributed by atoms with Crippen LogP contribution in [0.2, 0.25) is 5.02 Å². The van der Waals surface area contributed by atoms with Crippen LogP contribution in [0, 0.1) is 17.8 Å². The van der Waals surface area contributed by atoms with E-state index in [0.29, 0.717) is 5.41 Å². The Morgan fingerprint density at radius 2 is 1.60 bits per heavy atom. The summed E-state index contributed by atoms with van der Waals surface area (Å²) in [6.45, 7) is 0. The molecule has 0 heterocycles. The number of hydrogen-bond donors (Lipinski definition) is 2. The third-order valence-electron chi connectivity index (χ3n) is 6.79. The second kappa shape index (κ2) is 5.67. The van der Waals surface area contributed by atoms with Gasteiger partial charge >= 0.3 is 0 Å². The SMILES string of the molecule is Nc1cccc(Nc2ccc(C34CC5CC(CC(C5)C3)C4)cc2Cl)c1. The van der Waals surface area contributed by atoms with Gasteiger partial charge in [-0.3, -0.25) is 0 Å². The lowest BCUT2D eigenvalue weighted by Gasteiger charge is -2.57. The van der Waals surface area contributed by atoms with E-state index in [4.69, 9.17) is 17.3 Å². The van der Waals surface area contributed by atoms with Crippen molar-refractivity contribution in [2.75, 3.05) is 11.1 Å². The molecule has 4 aliphatic rings. The van der Waals surface area contributed by atoms with Crippen LogP contribution in [0.3, 0.4) is 0 Å². The molecule has 2 nitrogen and oxygen atoms in total. The van der Waals surface area contributed by atoms with E-state index in [1.165, 1.54) is 44.1 Å². The van der Waals surface area contributed by atoms with Gasteiger partial charge in [0.2, 0.25) is 0 Å². The van der Waals surface area contributed by atoms with Crippen molar-refractivity contribution in [1.29, 1.82) is 0 Å². The normalized spacial score (nSPS) is 32.8. The lowest BCUT2D eigenvalue weighted by atomic mass is 9.48. The first-order valence-corrected chi connectivity index (χ1v) is 9.90. The summed E-state index contributed by atoms with van der Waals surface area (Å²) >= 11 is 6.67. The third kappa shape index (κ3) is 2.71. The van der Waals surface area contributed by atoms with Gasteiger partial charge in [0.05, 0.1) is 10.7 Å². The Labute approximate surface area is 154 Å². The fraction of sp³-hybridized carbons (Fsp3) is 0.455. The number of nitrogens with one attached hydrogen (secondary N) is 1. The highest BCUT2D eigenvalue weighted by atomic mass is 35.5. The van der Waals surface area contributed by atoms with Crippen molar-refractivity contribution in [3.05, 3.63) is 53.1 Å². The molecule has 0 aliphatic heterocycles. The Hall–Kier alpha value is -1.67. The molecule has 0 spiro atoms. The van der Waals surface area contributed by atoms with Crippen molar-refractivity contribution < 1.29 is 0 Å². The monoisotopic (exact) mass is 352 g/mol. The predicted octanol–water partition coefficient (Wildman–Crippen LogP) is 6.13. The van der Waals surface area contributed by atoms with E-state index in [1.54, 1.807) is 0 Å². The standard InChI is InChI=1S/C22H25ClN2/c23-20-9-17(4-5-21(20)25-19-3-1-2-18(24)10-19)22-11-14-6-15(12-22)8-16(7-14)13-22/h1-5,9-10,14-16,25H,6-8,11-13,24H2. The largest absolute Gasteiger partial charge is 0.399 e. The zero-order valence-corrected chi connectivity index (χ0v) is 15.2. The van der Waals surface area contributed by atoms with Gasteiger partial charge in [-0.2, -0.15) is 0 Å². The third-order valence-corrected chi connectivity index (χ3v) is 7.10. The molecule has 0 saturated heterocycles. The first-order valence-electron chi connectivity index (χ1n) is 9.52. The van der Waals surface area contributed by atoms with Crippen LogP contribution in [-0.2, 0) is 5.41 Å². The minimum atomic E-state index is 0.397. The quantitative estimate of drug-likeness (QED) is 0.651. The summed E-state index contributed by atoms with van der Waals surface area (Å²) in [7, 11) is 0. The van der Waals surface area contributed by atoms with Gasteiger partial charge in [-0.1, -0.05) is 23.7 Å². The van der Waals surface area contributed by atoms with E-state index in [2.05, 4.69) is 23.5 Å². The van der Waals surface area contributed by atoms with Gasteiger partial charge in [0.15, 0.2) is 0 Å². The fourth-order valence-electron chi connectivity index (χ4n) is 6.18. The summed E-state index contributed by atoms with van der Waals surface area (Å²) in [6, 6.07) is 14.5. The van der Waals surface area contributed by atoms with Crippen LogP contribution < -0.4 is 11.1 Å². The lowest BCUT2D eigenvalue weighted by molar-refractivity contribution is -0.00517. The van der Waals surface area contributed by atoms with Crippen molar-refractivity contribution in [3.8, 4) is 0 Å². The summed E-state index contributed by atoms with van der Waals surface area (Å²) in [5.74, 6) is 2.86. The molecule has 0 unspecified atom stereocenters. The van der Waals surface area contributed by atoms with Gasteiger partial charge in [0.25, 0.3) is 0 Å². The van der Waals surface area contributed by atoms with E-state index in [9.17, 15) is 0 Å². The molecule has 0 atom stereocenters. The molecular weight excluding hydrogens is 328 g/mol. The molecule has 0 radical (unpaired) electrons. The molecule has 6 rings (SSSR count). The number of anilines is 3. The molecule has 2 aromatic carbocycles. The number of benzene rings is 2. The molecule has 4 fully saturated rings. The molecule has 3 N–H and O–H groups in total. The van der Waals surface area contributed by atoms with E-state index >= 15 is 0 Å². The number of hydrogen-bond acceptors (Lipinski definition) is 2. The predicted molar refractivity (Wildman–Crippen MR) is 105 cm³/mol. The van der Waals surface area contributed by atoms with Crippen LogP contribution in [0.15, 0.2) is 42.5 Å². The van der Waals surface area contributed by atoms with E-state index < -0.39 is 0 Å². The molecule has 130 valence electrons. The number of halogens is 1. The first-order chi connectivity index (χ1) is 12.1. The number of nitrogen functional groups attached to an aromatic ring is 1. The fourth-order valence-corrected chi connectivity index (χ4v) is 6.41. The molecule has 25 heavy (non-hydrogen) atoms. The van der Waals surface area contributed by atoms with Gasteiger partial charge in [0, 0.05) is 11.4 Å². The Bertz CT molecular complexity index is 778. The van der Waals surface area contributed by atoms with E-state index in [-0.39, 0.29) is 0 Å². The second-order valence-electron chi connectivity index (χ2n) is 8.64. The Morgan fingerprint density at radius 1 is 0.920 bits per heavy atom. The molecule has 0 amide bonds. The van der Waals surface area contributed by atoms with Crippen LogP contribution in [0.4, 0.5) is 17.1 Å². The molecule has 4 saturated carbocycles. The Morgan fingerprint density at radius 3 is 2.20 bits per heavy atom. The minimum absolute atomic E-state index is 0.397. The molecular formula is C22H25ClN2. The Kier molecular flexibility index (Phi) is 3.53. The summed E-state index contributed by atoms with van der Waals surface area (Å²) < 4.78 is 0. The number of rotatable bonds is 3. The molecule has 4 aliphatic carbocycles. The highest BCUT2D eigenvalue weighted by molar-refractivity contribution is 6.33. The zero-order valence-electron chi connectivity index (χ0n) is 14.5. The van der Waals surface area contributed by atoms with Crippen LogP contribution in [0.5, 0.6) is 0 Å². The lowest BCUT2D eigenvalue weighted by Crippen LogP contribution is -2.48. The smallest absolute Gasteiger partial charge is 0.0643 e. The highest BCUT2D eigenvalue weighted by Crippen LogP contribution is 2.61. The van der Waals surface area contributed by atoms with Gasteiger partial charge in [-0.25, -0.2) is 0 Å². The van der Waals surface area contributed by atoms with Crippen molar-refractivity contribution in [2.45, 2.75) is 43.9 Å². The summed E-state index contributed by atoms with van der Waals surface area (Å²) in [4.78, 5) is 0. The van der Waals surface area contributed by atoms with Gasteiger partial charge in [0.1, 0.15) is 0 Å². The Balaban J connectivity index is 1.44. The number of nitrogens with two attached hydrogens (primary N) is 1. The maximum absolute atomic E-state index is 6.67. The maximum atomic E-state index is 6.67. The van der Waals surface area contributed by atoms with Crippen molar-refractivity contribution in [3.63, 3.8) is 0 Å². The molecule has 4 bridgehead atoms. The van der Waals surface area contributed by atoms with Crippen LogP contribution in [0.1, 0.15) is 44.1 Å². The minimum Gasteiger partial charge on any atom is -0.399 e. The van der Waals surface area contributed by atoms with Crippen LogP contribution in [-0.4, -0.2) is 0 Å². The molecule has 0 aromatic heterocycles. The average molecular weight is 353 g/mol.